The summed E-state index contributed by atoms with van der Waals surface area (Å²) in [4.78, 5) is 19.0. The van der Waals surface area contributed by atoms with Crippen LogP contribution in [0.25, 0.3) is 0 Å². The second-order valence-corrected chi connectivity index (χ2v) is 7.91. The van der Waals surface area contributed by atoms with Crippen LogP contribution in [0, 0.1) is 0 Å². The second kappa shape index (κ2) is 6.54. The molecule has 0 aromatic carbocycles. The fourth-order valence-corrected chi connectivity index (χ4v) is 3.65. The van der Waals surface area contributed by atoms with Crippen LogP contribution in [0.5, 0.6) is 0 Å². The Labute approximate surface area is 152 Å². The van der Waals surface area contributed by atoms with Crippen LogP contribution in [-0.2, 0) is 6.42 Å². The monoisotopic (exact) mass is 359 g/mol. The van der Waals surface area contributed by atoms with Crippen LogP contribution in [0.4, 0.5) is 0 Å². The molecule has 0 spiro atoms. The summed E-state index contributed by atoms with van der Waals surface area (Å²) in [7, 11) is 0. The third-order valence-electron chi connectivity index (χ3n) is 5.26. The molecule has 1 aliphatic carbocycles. The van der Waals surface area contributed by atoms with Gasteiger partial charge in [-0.2, -0.15) is 4.98 Å². The van der Waals surface area contributed by atoms with E-state index in [1.165, 1.54) is 0 Å². The van der Waals surface area contributed by atoms with Gasteiger partial charge < -0.3 is 18.9 Å². The van der Waals surface area contributed by atoms with Crippen molar-refractivity contribution in [3.8, 4) is 0 Å². The standard InChI is InChI=1S/C19H25N3O4/c1-12(2)14-6-9-25-16(14)18(23)22-8-3-7-19(24,11-22)10-15-20-17(21-26-15)13-4-5-13/h6,9,12-13,24H,3-5,7-8,10-11H2,1-2H3. The molecule has 1 amide bonds. The summed E-state index contributed by atoms with van der Waals surface area (Å²) in [6, 6.07) is 1.84. The minimum Gasteiger partial charge on any atom is -0.459 e. The van der Waals surface area contributed by atoms with Crippen LogP contribution in [0.1, 0.15) is 79.2 Å². The van der Waals surface area contributed by atoms with Crippen LogP contribution in [-0.4, -0.2) is 44.7 Å². The van der Waals surface area contributed by atoms with Crippen molar-refractivity contribution in [2.24, 2.45) is 0 Å². The molecule has 0 bridgehead atoms. The van der Waals surface area contributed by atoms with Gasteiger partial charge in [0.05, 0.1) is 24.8 Å². The number of hydrogen-bond donors (Lipinski definition) is 1. The van der Waals surface area contributed by atoms with Gasteiger partial charge in [0.15, 0.2) is 11.6 Å². The van der Waals surface area contributed by atoms with Gasteiger partial charge in [0.1, 0.15) is 0 Å². The van der Waals surface area contributed by atoms with Crippen LogP contribution in [0.3, 0.4) is 0 Å². The Morgan fingerprint density at radius 3 is 3.00 bits per heavy atom. The molecule has 1 atom stereocenters. The van der Waals surface area contributed by atoms with Gasteiger partial charge >= 0.3 is 0 Å². The normalized spacial score (nSPS) is 23.6. The Bertz CT molecular complexity index is 792. The zero-order valence-electron chi connectivity index (χ0n) is 15.3. The Balaban J connectivity index is 1.47. The van der Waals surface area contributed by atoms with Crippen LogP contribution in [0.15, 0.2) is 21.3 Å². The number of furan rings is 1. The van der Waals surface area contributed by atoms with Crippen molar-refractivity contribution in [2.45, 2.75) is 63.4 Å². The van der Waals surface area contributed by atoms with Gasteiger partial charge in [-0.05, 0) is 37.7 Å². The number of rotatable bonds is 5. The van der Waals surface area contributed by atoms with Crippen LogP contribution in [0.2, 0.25) is 0 Å². The van der Waals surface area contributed by atoms with Crippen molar-refractivity contribution in [3.63, 3.8) is 0 Å². The molecule has 1 unspecified atom stereocenters. The molecule has 26 heavy (non-hydrogen) atoms. The van der Waals surface area contributed by atoms with Gasteiger partial charge in [-0.1, -0.05) is 19.0 Å². The van der Waals surface area contributed by atoms with E-state index in [1.807, 2.05) is 19.9 Å². The fraction of sp³-hybridized carbons (Fsp3) is 0.632. The first-order valence-corrected chi connectivity index (χ1v) is 9.37. The molecule has 1 N–H and O–H groups in total. The summed E-state index contributed by atoms with van der Waals surface area (Å²) >= 11 is 0. The predicted octanol–water partition coefficient (Wildman–Crippen LogP) is 2.87. The summed E-state index contributed by atoms with van der Waals surface area (Å²) in [5.41, 5.74) is -0.152. The van der Waals surface area contributed by atoms with Crippen molar-refractivity contribution in [3.05, 3.63) is 35.4 Å². The minimum atomic E-state index is -1.05. The van der Waals surface area contributed by atoms with Crippen molar-refractivity contribution in [1.82, 2.24) is 15.0 Å². The maximum absolute atomic E-state index is 12.9. The third-order valence-corrected chi connectivity index (χ3v) is 5.26. The van der Waals surface area contributed by atoms with E-state index < -0.39 is 5.60 Å². The van der Waals surface area contributed by atoms with Crippen LogP contribution < -0.4 is 0 Å². The lowest BCUT2D eigenvalue weighted by Crippen LogP contribution is -2.51. The molecular weight excluding hydrogens is 334 g/mol. The Morgan fingerprint density at radius 1 is 1.46 bits per heavy atom. The minimum absolute atomic E-state index is 0.166. The number of aliphatic hydroxyl groups is 1. The van der Waals surface area contributed by atoms with E-state index in [1.54, 1.807) is 11.2 Å². The number of likely N-dealkylation sites (tertiary alicyclic amines) is 1. The van der Waals surface area contributed by atoms with Crippen molar-refractivity contribution in [1.29, 1.82) is 0 Å². The SMILES string of the molecule is CC(C)c1ccoc1C(=O)N1CCCC(O)(Cc2nc(C3CC3)no2)C1. The van der Waals surface area contributed by atoms with Gasteiger partial charge in [0, 0.05) is 18.0 Å². The third kappa shape index (κ3) is 3.40. The van der Waals surface area contributed by atoms with Gasteiger partial charge in [0.2, 0.25) is 5.89 Å². The highest BCUT2D eigenvalue weighted by Crippen LogP contribution is 2.38. The number of piperidine rings is 1. The van der Waals surface area contributed by atoms with Crippen molar-refractivity contribution < 1.29 is 18.8 Å². The molecule has 1 saturated carbocycles. The number of hydrogen-bond acceptors (Lipinski definition) is 6. The number of carbonyl (C=O) groups is 1. The molecule has 1 aliphatic heterocycles. The zero-order valence-corrected chi connectivity index (χ0v) is 15.3. The summed E-state index contributed by atoms with van der Waals surface area (Å²) < 4.78 is 10.8. The topological polar surface area (TPSA) is 92.6 Å². The van der Waals surface area contributed by atoms with E-state index in [0.717, 1.165) is 30.7 Å². The highest BCUT2D eigenvalue weighted by atomic mass is 16.5. The Hall–Kier alpha value is -2.15. The van der Waals surface area contributed by atoms with E-state index in [2.05, 4.69) is 10.1 Å². The average Bonchev–Trinajstić information content (AvgIpc) is 3.15. The molecule has 4 rings (SSSR count). The fourth-order valence-electron chi connectivity index (χ4n) is 3.65. The summed E-state index contributed by atoms with van der Waals surface area (Å²) in [5.74, 6) is 2.02. The molecule has 7 heteroatoms. The van der Waals surface area contributed by atoms with Gasteiger partial charge in [0.25, 0.3) is 5.91 Å². The highest BCUT2D eigenvalue weighted by Gasteiger charge is 2.39. The van der Waals surface area contributed by atoms with Crippen molar-refractivity contribution in [2.75, 3.05) is 13.1 Å². The average molecular weight is 359 g/mol. The van der Waals surface area contributed by atoms with E-state index in [4.69, 9.17) is 8.94 Å². The molecule has 1 saturated heterocycles. The first-order chi connectivity index (χ1) is 12.5. The van der Waals surface area contributed by atoms with Gasteiger partial charge in [-0.25, -0.2) is 0 Å². The largest absolute Gasteiger partial charge is 0.459 e. The van der Waals surface area contributed by atoms with Crippen LogP contribution >= 0.6 is 0 Å². The number of β-amino-alcohol motifs (C(OH)–C–C–N with tert-alkyl or cyclic N) is 1. The molecule has 0 radical (unpaired) electrons. The zero-order chi connectivity index (χ0) is 18.3. The van der Waals surface area contributed by atoms with Gasteiger partial charge in [-0.15, -0.1) is 0 Å². The quantitative estimate of drug-likeness (QED) is 0.882. The lowest BCUT2D eigenvalue weighted by atomic mass is 9.89. The lowest BCUT2D eigenvalue weighted by Gasteiger charge is -2.38. The van der Waals surface area contributed by atoms with E-state index in [9.17, 15) is 9.90 Å². The van der Waals surface area contributed by atoms with E-state index in [-0.39, 0.29) is 24.8 Å². The molecule has 2 fully saturated rings. The first kappa shape index (κ1) is 17.3. The molecule has 2 aliphatic rings. The second-order valence-electron chi connectivity index (χ2n) is 7.91. The maximum Gasteiger partial charge on any atom is 0.289 e. The van der Waals surface area contributed by atoms with E-state index in [0.29, 0.717) is 30.5 Å². The lowest BCUT2D eigenvalue weighted by molar-refractivity contribution is -0.0294. The molecule has 2 aromatic heterocycles. The van der Waals surface area contributed by atoms with Crippen molar-refractivity contribution >= 4 is 5.91 Å². The van der Waals surface area contributed by atoms with Gasteiger partial charge in [-0.3, -0.25) is 4.79 Å². The Kier molecular flexibility index (Phi) is 4.34. The maximum atomic E-state index is 12.9. The number of amides is 1. The number of aromatic nitrogens is 2. The number of carbonyl (C=O) groups excluding carboxylic acids is 1. The smallest absolute Gasteiger partial charge is 0.289 e. The summed E-state index contributed by atoms with van der Waals surface area (Å²) in [6.07, 6.45) is 5.36. The highest BCUT2D eigenvalue weighted by molar-refractivity contribution is 5.93. The molecule has 140 valence electrons. The Morgan fingerprint density at radius 2 is 2.27 bits per heavy atom. The van der Waals surface area contributed by atoms with E-state index >= 15 is 0 Å². The summed E-state index contributed by atoms with van der Waals surface area (Å²) in [6.45, 7) is 4.91. The summed E-state index contributed by atoms with van der Waals surface area (Å²) in [5, 5.41) is 15.0. The first-order valence-electron chi connectivity index (χ1n) is 9.37. The predicted molar refractivity (Wildman–Crippen MR) is 92.9 cm³/mol. The molecule has 3 heterocycles. The molecule has 2 aromatic rings. The molecule has 7 nitrogen and oxygen atoms in total. The number of nitrogens with zero attached hydrogens (tertiary/aromatic N) is 3. The molecular formula is C19H25N3O4.